The number of rotatable bonds is 5. The minimum absolute atomic E-state index is 0.306. The number of carbonyl (C=O) groups excluding carboxylic acids is 1. The third kappa shape index (κ3) is 4.48. The van der Waals surface area contributed by atoms with E-state index in [2.05, 4.69) is 18.0 Å². The van der Waals surface area contributed by atoms with Crippen LogP contribution < -0.4 is 10.5 Å². The average molecular weight is 361 g/mol. The first-order chi connectivity index (χ1) is 12.2. The van der Waals surface area contributed by atoms with Crippen molar-refractivity contribution < 1.29 is 14.3 Å². The molecule has 1 aliphatic rings. The number of hydrogen-bond acceptors (Lipinski definition) is 5. The van der Waals surface area contributed by atoms with Crippen LogP contribution in [0.3, 0.4) is 0 Å². The Balaban J connectivity index is 2.30. The summed E-state index contributed by atoms with van der Waals surface area (Å²) in [6.45, 7) is 13.3. The summed E-state index contributed by atoms with van der Waals surface area (Å²) < 4.78 is 11.3. The van der Waals surface area contributed by atoms with Gasteiger partial charge in [-0.05, 0) is 46.6 Å². The van der Waals surface area contributed by atoms with Gasteiger partial charge >= 0.3 is 6.09 Å². The van der Waals surface area contributed by atoms with E-state index >= 15 is 0 Å². The molecule has 0 unspecified atom stereocenters. The van der Waals surface area contributed by atoms with E-state index in [1.807, 2.05) is 34.6 Å². The van der Waals surface area contributed by atoms with Crippen LogP contribution in [0.5, 0.6) is 5.75 Å². The van der Waals surface area contributed by atoms with Crippen molar-refractivity contribution in [1.82, 2.24) is 9.88 Å². The third-order valence-electron chi connectivity index (χ3n) is 4.38. The first kappa shape index (κ1) is 20.1. The van der Waals surface area contributed by atoms with Crippen LogP contribution in [0, 0.1) is 6.92 Å². The molecule has 1 aromatic rings. The molecule has 0 saturated heterocycles. The van der Waals surface area contributed by atoms with E-state index in [-0.39, 0.29) is 6.09 Å². The number of anilines is 1. The first-order valence-electron chi connectivity index (χ1n) is 9.27. The molecule has 0 aliphatic carbocycles. The van der Waals surface area contributed by atoms with E-state index in [1.165, 1.54) is 0 Å². The minimum atomic E-state index is -0.507. The van der Waals surface area contributed by atoms with Crippen molar-refractivity contribution in [3.8, 4) is 5.75 Å². The summed E-state index contributed by atoms with van der Waals surface area (Å²) in [5.74, 6) is 1.38. The summed E-state index contributed by atoms with van der Waals surface area (Å²) in [5.41, 5.74) is 9.58. The van der Waals surface area contributed by atoms with Gasteiger partial charge in [-0.15, -0.1) is 0 Å². The number of nitrogens with two attached hydrogens (primary N) is 1. The van der Waals surface area contributed by atoms with Gasteiger partial charge in [0.15, 0.2) is 0 Å². The highest BCUT2D eigenvalue weighted by Crippen LogP contribution is 2.38. The largest absolute Gasteiger partial charge is 0.491 e. The van der Waals surface area contributed by atoms with Gasteiger partial charge in [0.05, 0.1) is 12.3 Å². The molecule has 1 aliphatic heterocycles. The normalized spacial score (nSPS) is 14.0. The summed E-state index contributed by atoms with van der Waals surface area (Å²) in [4.78, 5) is 18.5. The SMILES string of the molecule is CC/C(=C\CN(CC)C(=O)OC(C)(C)C)c1c(C)c(N)nc2c1OCC2. The molecule has 2 rings (SSSR count). The number of amides is 1. The number of nitrogen functional groups attached to an aromatic ring is 1. The number of allylic oxidation sites excluding steroid dienone is 1. The molecule has 6 nitrogen and oxygen atoms in total. The molecule has 1 aromatic heterocycles. The second-order valence-corrected chi connectivity index (χ2v) is 7.47. The summed E-state index contributed by atoms with van der Waals surface area (Å²) in [5, 5.41) is 0. The monoisotopic (exact) mass is 361 g/mol. The lowest BCUT2D eigenvalue weighted by Gasteiger charge is -2.26. The van der Waals surface area contributed by atoms with Gasteiger partial charge in [-0.25, -0.2) is 9.78 Å². The topological polar surface area (TPSA) is 77.7 Å². The van der Waals surface area contributed by atoms with E-state index in [9.17, 15) is 4.79 Å². The highest BCUT2D eigenvalue weighted by molar-refractivity contribution is 5.77. The Hall–Kier alpha value is -2.24. The van der Waals surface area contributed by atoms with Gasteiger partial charge in [0.1, 0.15) is 17.2 Å². The zero-order chi connectivity index (χ0) is 19.5. The van der Waals surface area contributed by atoms with Gasteiger partial charge in [-0.2, -0.15) is 0 Å². The molecule has 144 valence electrons. The Kier molecular flexibility index (Phi) is 6.16. The van der Waals surface area contributed by atoms with Gasteiger partial charge in [-0.3, -0.25) is 0 Å². The summed E-state index contributed by atoms with van der Waals surface area (Å²) in [7, 11) is 0. The van der Waals surface area contributed by atoms with Crippen molar-refractivity contribution in [2.45, 2.75) is 60.0 Å². The van der Waals surface area contributed by atoms with Crippen molar-refractivity contribution in [2.24, 2.45) is 0 Å². The van der Waals surface area contributed by atoms with Crippen molar-refractivity contribution >= 4 is 17.5 Å². The Labute approximate surface area is 156 Å². The maximum absolute atomic E-state index is 12.4. The Morgan fingerprint density at radius 2 is 2.08 bits per heavy atom. The van der Waals surface area contributed by atoms with E-state index in [0.717, 1.165) is 41.0 Å². The second-order valence-electron chi connectivity index (χ2n) is 7.47. The minimum Gasteiger partial charge on any atom is -0.491 e. The molecule has 1 amide bonds. The zero-order valence-electron chi connectivity index (χ0n) is 16.8. The van der Waals surface area contributed by atoms with E-state index < -0.39 is 5.60 Å². The Morgan fingerprint density at radius 1 is 1.38 bits per heavy atom. The zero-order valence-corrected chi connectivity index (χ0v) is 16.8. The second kappa shape index (κ2) is 7.98. The Morgan fingerprint density at radius 3 is 2.65 bits per heavy atom. The number of hydrogen-bond donors (Lipinski definition) is 1. The molecular formula is C20H31N3O3. The predicted molar refractivity (Wildman–Crippen MR) is 104 cm³/mol. The number of nitrogens with zero attached hydrogens (tertiary/aromatic N) is 2. The number of ether oxygens (including phenoxy) is 2. The number of aromatic nitrogens is 1. The number of pyridine rings is 1. The van der Waals surface area contributed by atoms with Gasteiger partial charge in [-0.1, -0.05) is 13.0 Å². The fourth-order valence-electron chi connectivity index (χ4n) is 2.99. The van der Waals surface area contributed by atoms with E-state index in [0.29, 0.717) is 25.5 Å². The van der Waals surface area contributed by atoms with Crippen LogP contribution in [-0.2, 0) is 11.2 Å². The summed E-state index contributed by atoms with van der Waals surface area (Å²) in [6, 6.07) is 0. The van der Waals surface area contributed by atoms with Gasteiger partial charge in [0, 0.05) is 30.6 Å². The number of fused-ring (bicyclic) bond motifs is 1. The average Bonchev–Trinajstić information content (AvgIpc) is 3.00. The van der Waals surface area contributed by atoms with Gasteiger partial charge in [0.25, 0.3) is 0 Å². The van der Waals surface area contributed by atoms with Crippen molar-refractivity contribution in [3.63, 3.8) is 0 Å². The van der Waals surface area contributed by atoms with Crippen molar-refractivity contribution in [1.29, 1.82) is 0 Å². The smallest absolute Gasteiger partial charge is 0.410 e. The van der Waals surface area contributed by atoms with Crippen LogP contribution in [0.1, 0.15) is 57.9 Å². The third-order valence-corrected chi connectivity index (χ3v) is 4.38. The molecule has 0 atom stereocenters. The molecule has 0 spiro atoms. The van der Waals surface area contributed by atoms with Crippen LogP contribution >= 0.6 is 0 Å². The molecule has 0 fully saturated rings. The predicted octanol–water partition coefficient (Wildman–Crippen LogP) is 3.96. The molecule has 2 N–H and O–H groups in total. The fraction of sp³-hybridized carbons (Fsp3) is 0.600. The molecule has 0 aromatic carbocycles. The van der Waals surface area contributed by atoms with Crippen LogP contribution in [0.4, 0.5) is 10.6 Å². The lowest BCUT2D eigenvalue weighted by Crippen LogP contribution is -2.36. The van der Waals surface area contributed by atoms with Crippen molar-refractivity contribution in [3.05, 3.63) is 22.9 Å². The van der Waals surface area contributed by atoms with E-state index in [4.69, 9.17) is 15.2 Å². The van der Waals surface area contributed by atoms with E-state index in [1.54, 1.807) is 4.90 Å². The van der Waals surface area contributed by atoms with Crippen LogP contribution in [0.25, 0.3) is 5.57 Å². The number of carbonyl (C=O) groups is 1. The van der Waals surface area contributed by atoms with Crippen LogP contribution in [0.15, 0.2) is 6.08 Å². The molecular weight excluding hydrogens is 330 g/mol. The fourth-order valence-corrected chi connectivity index (χ4v) is 2.99. The quantitative estimate of drug-likeness (QED) is 0.859. The van der Waals surface area contributed by atoms with Gasteiger partial charge in [0.2, 0.25) is 0 Å². The molecule has 2 heterocycles. The maximum Gasteiger partial charge on any atom is 0.410 e. The molecule has 26 heavy (non-hydrogen) atoms. The molecule has 6 heteroatoms. The van der Waals surface area contributed by atoms with Gasteiger partial charge < -0.3 is 20.1 Å². The Bertz CT molecular complexity index is 705. The molecule has 0 radical (unpaired) electrons. The highest BCUT2D eigenvalue weighted by Gasteiger charge is 2.24. The summed E-state index contributed by atoms with van der Waals surface area (Å²) >= 11 is 0. The van der Waals surface area contributed by atoms with Crippen molar-refractivity contribution in [2.75, 3.05) is 25.4 Å². The maximum atomic E-state index is 12.4. The molecule has 0 bridgehead atoms. The first-order valence-corrected chi connectivity index (χ1v) is 9.27. The standard InChI is InChI=1S/C20H31N3O3/c1-7-14(9-11-23(8-2)19(24)26-20(4,5)6)16-13(3)18(21)22-15-10-12-25-17(15)16/h9H,7-8,10-12H2,1-6H3,(H2,21,22)/b14-9+. The lowest BCUT2D eigenvalue weighted by atomic mass is 9.96. The number of likely N-dealkylation sites (N-methyl/N-ethyl adjacent to an activating group) is 1. The van der Waals surface area contributed by atoms with Crippen LogP contribution in [-0.4, -0.2) is 41.3 Å². The molecule has 0 saturated carbocycles. The lowest BCUT2D eigenvalue weighted by molar-refractivity contribution is 0.0282. The highest BCUT2D eigenvalue weighted by atomic mass is 16.6. The van der Waals surface area contributed by atoms with Crippen LogP contribution in [0.2, 0.25) is 0 Å². The summed E-state index contributed by atoms with van der Waals surface area (Å²) in [6.07, 6.45) is 3.35.